The lowest BCUT2D eigenvalue weighted by Crippen LogP contribution is -2.47. The van der Waals surface area contributed by atoms with E-state index in [0.717, 1.165) is 43.2 Å². The molecule has 0 bridgehead atoms. The second-order valence-corrected chi connectivity index (χ2v) is 10.1. The van der Waals surface area contributed by atoms with Crippen LogP contribution in [0.5, 0.6) is 11.5 Å². The summed E-state index contributed by atoms with van der Waals surface area (Å²) < 4.78 is 10.9. The van der Waals surface area contributed by atoms with Crippen molar-refractivity contribution in [1.29, 1.82) is 0 Å². The van der Waals surface area contributed by atoms with Gasteiger partial charge in [0.15, 0.2) is 5.78 Å². The van der Waals surface area contributed by atoms with E-state index in [-0.39, 0.29) is 29.7 Å². The van der Waals surface area contributed by atoms with Crippen LogP contribution >= 0.6 is 0 Å². The standard InChI is InChI=1S/C29H30N2O5/c1-35-19-12-13-22(36-2)21(16-19)27(32)26-24-23(25-20-11-7-6-8-17(20)14-15-30(25)26)28(33)31(29(24)34)18-9-4-3-5-10-18/h6-8,11-16,18,23-26H,3-5,9-10H2,1-2H3/t23-,24-,25+,26-/m0/s1. The van der Waals surface area contributed by atoms with Gasteiger partial charge in [0.05, 0.1) is 37.7 Å². The van der Waals surface area contributed by atoms with Crippen LogP contribution in [0.25, 0.3) is 6.08 Å². The fourth-order valence-corrected chi connectivity index (χ4v) is 6.75. The van der Waals surface area contributed by atoms with Crippen molar-refractivity contribution in [2.45, 2.75) is 50.2 Å². The summed E-state index contributed by atoms with van der Waals surface area (Å²) in [5.41, 5.74) is 2.35. The van der Waals surface area contributed by atoms with Gasteiger partial charge in [0.1, 0.15) is 17.5 Å². The average Bonchev–Trinajstić information content (AvgIpc) is 3.40. The van der Waals surface area contributed by atoms with Gasteiger partial charge in [-0.25, -0.2) is 0 Å². The molecule has 0 spiro atoms. The fourth-order valence-electron chi connectivity index (χ4n) is 6.75. The monoisotopic (exact) mass is 486 g/mol. The summed E-state index contributed by atoms with van der Waals surface area (Å²) in [5.74, 6) is -0.980. The predicted molar refractivity (Wildman–Crippen MR) is 133 cm³/mol. The largest absolute Gasteiger partial charge is 0.497 e. The van der Waals surface area contributed by atoms with E-state index in [1.807, 2.05) is 41.4 Å². The molecule has 4 aliphatic rings. The maximum absolute atomic E-state index is 14.2. The number of methoxy groups -OCH3 is 2. The van der Waals surface area contributed by atoms with E-state index in [9.17, 15) is 14.4 Å². The molecule has 6 rings (SSSR count). The van der Waals surface area contributed by atoms with Crippen LogP contribution in [0.3, 0.4) is 0 Å². The third-order valence-corrected chi connectivity index (χ3v) is 8.38. The average molecular weight is 487 g/mol. The number of hydrogen-bond donors (Lipinski definition) is 0. The molecule has 186 valence electrons. The number of fused-ring (bicyclic) bond motifs is 5. The first kappa shape index (κ1) is 22.8. The Balaban J connectivity index is 1.48. The molecule has 0 unspecified atom stereocenters. The lowest BCUT2D eigenvalue weighted by Gasteiger charge is -2.37. The normalized spacial score (nSPS) is 27.1. The topological polar surface area (TPSA) is 76.1 Å². The Kier molecular flexibility index (Phi) is 5.58. The minimum Gasteiger partial charge on any atom is -0.497 e. The summed E-state index contributed by atoms with van der Waals surface area (Å²) in [6.45, 7) is 0. The summed E-state index contributed by atoms with van der Waals surface area (Å²) in [6, 6.07) is 11.8. The van der Waals surface area contributed by atoms with Crippen LogP contribution < -0.4 is 9.47 Å². The summed E-state index contributed by atoms with van der Waals surface area (Å²) in [5, 5.41) is 0. The van der Waals surface area contributed by atoms with Crippen LogP contribution in [0.4, 0.5) is 0 Å². The summed E-state index contributed by atoms with van der Waals surface area (Å²) >= 11 is 0. The molecule has 2 aromatic carbocycles. The van der Waals surface area contributed by atoms with Gasteiger partial charge in [0.25, 0.3) is 0 Å². The molecule has 2 amide bonds. The van der Waals surface area contributed by atoms with Crippen molar-refractivity contribution in [3.05, 3.63) is 65.4 Å². The number of imide groups is 1. The van der Waals surface area contributed by atoms with Crippen molar-refractivity contribution in [3.63, 3.8) is 0 Å². The zero-order valence-corrected chi connectivity index (χ0v) is 20.6. The Morgan fingerprint density at radius 3 is 2.42 bits per heavy atom. The van der Waals surface area contributed by atoms with E-state index in [0.29, 0.717) is 17.1 Å². The molecular formula is C29H30N2O5. The van der Waals surface area contributed by atoms with Crippen LogP contribution in [0, 0.1) is 11.8 Å². The van der Waals surface area contributed by atoms with Gasteiger partial charge in [-0.15, -0.1) is 0 Å². The van der Waals surface area contributed by atoms with Gasteiger partial charge < -0.3 is 14.4 Å². The highest BCUT2D eigenvalue weighted by molar-refractivity contribution is 6.13. The highest BCUT2D eigenvalue weighted by Crippen LogP contribution is 2.54. The number of Topliss-reactive ketones (excluding diaryl/α,β-unsaturated/α-hetero) is 1. The van der Waals surface area contributed by atoms with Crippen molar-refractivity contribution >= 4 is 23.7 Å². The molecule has 2 saturated heterocycles. The zero-order chi connectivity index (χ0) is 25.0. The minimum absolute atomic E-state index is 0.0747. The maximum atomic E-state index is 14.2. The summed E-state index contributed by atoms with van der Waals surface area (Å²) in [7, 11) is 3.06. The molecule has 3 aliphatic heterocycles. The second-order valence-electron chi connectivity index (χ2n) is 10.1. The Morgan fingerprint density at radius 1 is 0.917 bits per heavy atom. The molecule has 0 aromatic heterocycles. The number of ketones is 1. The fraction of sp³-hybridized carbons (Fsp3) is 0.414. The van der Waals surface area contributed by atoms with E-state index >= 15 is 0 Å². The summed E-state index contributed by atoms with van der Waals surface area (Å²) in [4.78, 5) is 45.7. The minimum atomic E-state index is -0.810. The van der Waals surface area contributed by atoms with Crippen LogP contribution in [-0.2, 0) is 9.59 Å². The molecule has 1 saturated carbocycles. The molecule has 0 radical (unpaired) electrons. The van der Waals surface area contributed by atoms with Gasteiger partial charge in [-0.1, -0.05) is 43.5 Å². The highest BCUT2D eigenvalue weighted by Gasteiger charge is 2.65. The number of carbonyl (C=O) groups is 3. The number of nitrogens with zero attached hydrogens (tertiary/aromatic N) is 2. The number of amides is 2. The van der Waals surface area contributed by atoms with E-state index in [2.05, 4.69) is 0 Å². The van der Waals surface area contributed by atoms with Crippen molar-refractivity contribution < 1.29 is 23.9 Å². The number of ether oxygens (including phenoxy) is 2. The Bertz CT molecular complexity index is 1260. The Labute approximate surface area is 210 Å². The number of hydrogen-bond acceptors (Lipinski definition) is 6. The van der Waals surface area contributed by atoms with Crippen LogP contribution in [0.15, 0.2) is 48.7 Å². The van der Waals surface area contributed by atoms with Gasteiger partial charge in [-0.05, 0) is 48.2 Å². The predicted octanol–water partition coefficient (Wildman–Crippen LogP) is 4.23. The van der Waals surface area contributed by atoms with E-state index < -0.39 is 17.9 Å². The smallest absolute Gasteiger partial charge is 0.236 e. The van der Waals surface area contributed by atoms with Gasteiger partial charge in [-0.2, -0.15) is 0 Å². The Morgan fingerprint density at radius 2 is 1.67 bits per heavy atom. The van der Waals surface area contributed by atoms with Gasteiger partial charge >= 0.3 is 0 Å². The van der Waals surface area contributed by atoms with Gasteiger partial charge in [0.2, 0.25) is 11.8 Å². The number of rotatable bonds is 5. The number of carbonyl (C=O) groups excluding carboxylic acids is 3. The van der Waals surface area contributed by atoms with Crippen LogP contribution in [0.1, 0.15) is 59.6 Å². The van der Waals surface area contributed by atoms with Crippen LogP contribution in [-0.4, -0.2) is 53.7 Å². The molecule has 1 aliphatic carbocycles. The molecule has 7 nitrogen and oxygen atoms in total. The zero-order valence-electron chi connectivity index (χ0n) is 20.6. The molecule has 36 heavy (non-hydrogen) atoms. The summed E-state index contributed by atoms with van der Waals surface area (Å²) in [6.07, 6.45) is 8.68. The quantitative estimate of drug-likeness (QED) is 0.465. The van der Waals surface area contributed by atoms with Gasteiger partial charge in [-0.3, -0.25) is 19.3 Å². The maximum Gasteiger partial charge on any atom is 0.236 e. The molecule has 3 fully saturated rings. The highest BCUT2D eigenvalue weighted by atomic mass is 16.5. The third kappa shape index (κ3) is 3.29. The first-order chi connectivity index (χ1) is 17.5. The Hall–Kier alpha value is -3.61. The molecule has 7 heteroatoms. The first-order valence-electron chi connectivity index (χ1n) is 12.7. The second kappa shape index (κ2) is 8.80. The molecule has 2 aromatic rings. The van der Waals surface area contributed by atoms with Gasteiger partial charge in [0, 0.05) is 12.2 Å². The van der Waals surface area contributed by atoms with E-state index in [1.54, 1.807) is 25.3 Å². The van der Waals surface area contributed by atoms with E-state index in [4.69, 9.17) is 9.47 Å². The van der Waals surface area contributed by atoms with Crippen molar-refractivity contribution in [1.82, 2.24) is 9.80 Å². The molecule has 4 atom stereocenters. The SMILES string of the molecule is COc1ccc(OC)c(C(=O)[C@@H]2[C@H]3C(=O)N(C4CCCCC4)C(=O)[C@@H]3[C@H]3c4ccccc4C=CN23)c1. The molecule has 3 heterocycles. The number of benzene rings is 2. The third-order valence-electron chi connectivity index (χ3n) is 8.38. The number of likely N-dealkylation sites (tertiary alicyclic amines) is 1. The molecule has 0 N–H and O–H groups in total. The lowest BCUT2D eigenvalue weighted by molar-refractivity contribution is -0.144. The lowest BCUT2D eigenvalue weighted by atomic mass is 9.83. The van der Waals surface area contributed by atoms with E-state index in [1.165, 1.54) is 12.0 Å². The molecular weight excluding hydrogens is 456 g/mol. The van der Waals surface area contributed by atoms with Crippen molar-refractivity contribution in [2.75, 3.05) is 14.2 Å². The first-order valence-corrected chi connectivity index (χ1v) is 12.7. The van der Waals surface area contributed by atoms with Crippen LogP contribution in [0.2, 0.25) is 0 Å². The van der Waals surface area contributed by atoms with Crippen molar-refractivity contribution in [2.24, 2.45) is 11.8 Å². The van der Waals surface area contributed by atoms with Crippen molar-refractivity contribution in [3.8, 4) is 11.5 Å².